The highest BCUT2D eigenvalue weighted by molar-refractivity contribution is 8.00. The minimum atomic E-state index is -0.224. The average Bonchev–Trinajstić information content (AvgIpc) is 3.20. The Morgan fingerprint density at radius 3 is 2.45 bits per heavy atom. The van der Waals surface area contributed by atoms with Crippen molar-refractivity contribution in [1.82, 2.24) is 0 Å². The van der Waals surface area contributed by atoms with Crippen LogP contribution in [0.4, 0.5) is 11.4 Å². The number of rotatable bonds is 6. The van der Waals surface area contributed by atoms with E-state index in [1.165, 1.54) is 0 Å². The van der Waals surface area contributed by atoms with Crippen LogP contribution in [0, 0.1) is 0 Å². The van der Waals surface area contributed by atoms with Gasteiger partial charge in [0.25, 0.3) is 5.91 Å². The van der Waals surface area contributed by atoms with Crippen LogP contribution in [0.2, 0.25) is 0 Å². The van der Waals surface area contributed by atoms with Crippen LogP contribution in [0.25, 0.3) is 0 Å². The van der Waals surface area contributed by atoms with Gasteiger partial charge < -0.3 is 14.8 Å². The molecule has 4 rings (SSSR count). The molecule has 1 N–H and O–H groups in total. The van der Waals surface area contributed by atoms with Crippen molar-refractivity contribution < 1.29 is 19.1 Å². The smallest absolute Gasteiger partial charge is 0.255 e. The first kappa shape index (κ1) is 20.8. The lowest BCUT2D eigenvalue weighted by Gasteiger charge is -2.25. The Morgan fingerprint density at radius 2 is 1.71 bits per heavy atom. The second-order valence-corrected chi connectivity index (χ2v) is 8.01. The maximum Gasteiger partial charge on any atom is 0.255 e. The summed E-state index contributed by atoms with van der Waals surface area (Å²) in [5, 5.41) is 2.76. The molecule has 3 aromatic carbocycles. The van der Waals surface area contributed by atoms with Crippen LogP contribution in [0.1, 0.15) is 21.3 Å². The summed E-state index contributed by atoms with van der Waals surface area (Å²) in [4.78, 5) is 27.1. The second-order valence-electron chi connectivity index (χ2n) is 6.94. The number of carbonyl (C=O) groups excluding carboxylic acids is 2. The minimum Gasteiger partial charge on any atom is -0.497 e. The maximum absolute atomic E-state index is 12.7. The molecular weight excluding hydrogens is 412 g/mol. The third-order valence-corrected chi connectivity index (χ3v) is 6.19. The first-order valence-electron chi connectivity index (χ1n) is 9.72. The summed E-state index contributed by atoms with van der Waals surface area (Å²) in [5.41, 5.74) is 2.93. The van der Waals surface area contributed by atoms with Crippen LogP contribution >= 0.6 is 11.8 Å². The zero-order chi connectivity index (χ0) is 21.8. The summed E-state index contributed by atoms with van der Waals surface area (Å²) in [7, 11) is 3.18. The Morgan fingerprint density at radius 1 is 0.968 bits per heavy atom. The number of anilines is 2. The Bertz CT molecular complexity index is 1100. The lowest BCUT2D eigenvalue weighted by atomic mass is 10.1. The Hall–Kier alpha value is -3.45. The molecule has 1 aliphatic rings. The number of benzene rings is 3. The Kier molecular flexibility index (Phi) is 6.13. The van der Waals surface area contributed by atoms with Crippen LogP contribution < -0.4 is 19.7 Å². The van der Waals surface area contributed by atoms with E-state index in [2.05, 4.69) is 5.32 Å². The van der Waals surface area contributed by atoms with Crippen molar-refractivity contribution in [3.63, 3.8) is 0 Å². The summed E-state index contributed by atoms with van der Waals surface area (Å²) in [6.45, 7) is 0. The maximum atomic E-state index is 12.7. The highest BCUT2D eigenvalue weighted by Crippen LogP contribution is 2.42. The topological polar surface area (TPSA) is 67.9 Å². The van der Waals surface area contributed by atoms with E-state index in [-0.39, 0.29) is 17.2 Å². The molecule has 0 aromatic heterocycles. The third-order valence-electron chi connectivity index (χ3n) is 4.98. The van der Waals surface area contributed by atoms with Crippen LogP contribution in [0.3, 0.4) is 0 Å². The van der Waals surface area contributed by atoms with Gasteiger partial charge in [-0.1, -0.05) is 18.2 Å². The number of hydrogen-bond acceptors (Lipinski definition) is 5. The molecule has 1 heterocycles. The van der Waals surface area contributed by atoms with Crippen LogP contribution in [0.5, 0.6) is 11.5 Å². The number of thioether (sulfide) groups is 1. The zero-order valence-electron chi connectivity index (χ0n) is 17.2. The first-order chi connectivity index (χ1) is 15.1. The molecule has 31 heavy (non-hydrogen) atoms. The summed E-state index contributed by atoms with van der Waals surface area (Å²) >= 11 is 1.56. The predicted molar refractivity (Wildman–Crippen MR) is 123 cm³/mol. The highest BCUT2D eigenvalue weighted by Gasteiger charge is 2.34. The fourth-order valence-corrected chi connectivity index (χ4v) is 4.60. The number of carbonyl (C=O) groups is 2. The number of nitrogens with one attached hydrogen (secondary N) is 1. The number of hydrogen-bond donors (Lipinski definition) is 1. The van der Waals surface area contributed by atoms with E-state index in [0.717, 1.165) is 17.0 Å². The van der Waals surface area contributed by atoms with Crippen LogP contribution in [-0.2, 0) is 4.79 Å². The number of methoxy groups -OCH3 is 2. The van der Waals surface area contributed by atoms with Crippen molar-refractivity contribution in [2.45, 2.75) is 5.37 Å². The lowest BCUT2D eigenvalue weighted by Crippen LogP contribution is -2.27. The summed E-state index contributed by atoms with van der Waals surface area (Å²) in [6.07, 6.45) is 0. The molecule has 158 valence electrons. The summed E-state index contributed by atoms with van der Waals surface area (Å²) < 4.78 is 10.4. The molecule has 0 unspecified atom stereocenters. The monoisotopic (exact) mass is 434 g/mol. The van der Waals surface area contributed by atoms with E-state index < -0.39 is 0 Å². The number of ether oxygens (including phenoxy) is 2. The molecule has 6 nitrogen and oxygen atoms in total. The molecule has 3 aromatic rings. The summed E-state index contributed by atoms with van der Waals surface area (Å²) in [5.74, 6) is 1.58. The predicted octanol–water partition coefficient (Wildman–Crippen LogP) is 4.73. The molecule has 2 amide bonds. The van der Waals surface area contributed by atoms with Gasteiger partial charge in [0.05, 0.1) is 20.0 Å². The molecule has 0 aliphatic carbocycles. The van der Waals surface area contributed by atoms with Crippen molar-refractivity contribution in [1.29, 1.82) is 0 Å². The number of amides is 2. The molecule has 1 aliphatic heterocycles. The zero-order valence-corrected chi connectivity index (χ0v) is 18.0. The number of nitrogens with zero attached hydrogens (tertiary/aromatic N) is 1. The molecular formula is C24H22N2O4S. The SMILES string of the molecule is COc1ccc(N2C(=O)CS[C@H]2c2cccc(NC(=O)c3cccc(OC)c3)c2)cc1. The molecule has 1 atom stereocenters. The van der Waals surface area contributed by atoms with Crippen LogP contribution in [-0.4, -0.2) is 31.8 Å². The van der Waals surface area contributed by atoms with E-state index in [9.17, 15) is 9.59 Å². The third kappa shape index (κ3) is 4.51. The van der Waals surface area contributed by atoms with Gasteiger partial charge >= 0.3 is 0 Å². The van der Waals surface area contributed by atoms with Crippen molar-refractivity contribution in [2.24, 2.45) is 0 Å². The highest BCUT2D eigenvalue weighted by atomic mass is 32.2. The molecule has 0 radical (unpaired) electrons. The van der Waals surface area contributed by atoms with E-state index in [1.807, 2.05) is 48.5 Å². The van der Waals surface area contributed by atoms with Gasteiger partial charge in [-0.3, -0.25) is 14.5 Å². The van der Waals surface area contributed by atoms with Crippen molar-refractivity contribution in [3.05, 3.63) is 83.9 Å². The molecule has 0 bridgehead atoms. The lowest BCUT2D eigenvalue weighted by molar-refractivity contribution is -0.115. The first-order valence-corrected chi connectivity index (χ1v) is 10.8. The molecule has 0 spiro atoms. The fourth-order valence-electron chi connectivity index (χ4n) is 3.43. The Balaban J connectivity index is 1.56. The van der Waals surface area contributed by atoms with Gasteiger partial charge in [-0.15, -0.1) is 11.8 Å². The van der Waals surface area contributed by atoms with E-state index in [0.29, 0.717) is 22.8 Å². The molecule has 1 fully saturated rings. The molecule has 1 saturated heterocycles. The Labute approximate surface area is 185 Å². The fraction of sp³-hybridized carbons (Fsp3) is 0.167. The van der Waals surface area contributed by atoms with Gasteiger partial charge in [0.2, 0.25) is 5.91 Å². The quantitative estimate of drug-likeness (QED) is 0.607. The average molecular weight is 435 g/mol. The van der Waals surface area contributed by atoms with Crippen molar-refractivity contribution >= 4 is 35.0 Å². The van der Waals surface area contributed by atoms with Gasteiger partial charge in [-0.25, -0.2) is 0 Å². The van der Waals surface area contributed by atoms with Gasteiger partial charge in [0, 0.05) is 16.9 Å². The van der Waals surface area contributed by atoms with E-state index in [1.54, 1.807) is 55.1 Å². The minimum absolute atomic E-state index is 0.0472. The standard InChI is InChI=1S/C24H22N2O4S/c1-29-20-11-9-19(10-12-20)26-22(27)15-31-24(26)17-6-3-7-18(13-17)25-23(28)16-5-4-8-21(14-16)30-2/h3-14,24H,15H2,1-2H3,(H,25,28)/t24-/m0/s1. The van der Waals surface area contributed by atoms with Gasteiger partial charge in [-0.2, -0.15) is 0 Å². The van der Waals surface area contributed by atoms with Gasteiger partial charge in [-0.05, 0) is 60.2 Å². The molecule has 0 saturated carbocycles. The van der Waals surface area contributed by atoms with E-state index in [4.69, 9.17) is 9.47 Å². The summed E-state index contributed by atoms with van der Waals surface area (Å²) in [6, 6.07) is 22.0. The second kappa shape index (κ2) is 9.14. The van der Waals surface area contributed by atoms with Gasteiger partial charge in [0.1, 0.15) is 16.9 Å². The van der Waals surface area contributed by atoms with Crippen molar-refractivity contribution in [3.8, 4) is 11.5 Å². The molecule has 7 heteroatoms. The van der Waals surface area contributed by atoms with Crippen LogP contribution in [0.15, 0.2) is 72.8 Å². The van der Waals surface area contributed by atoms with E-state index >= 15 is 0 Å². The largest absolute Gasteiger partial charge is 0.497 e. The van der Waals surface area contributed by atoms with Crippen molar-refractivity contribution in [2.75, 3.05) is 30.2 Å². The van der Waals surface area contributed by atoms with Gasteiger partial charge in [0.15, 0.2) is 0 Å². The normalized spacial score (nSPS) is 15.6.